The lowest BCUT2D eigenvalue weighted by molar-refractivity contribution is -0.166. The van der Waals surface area contributed by atoms with Crippen molar-refractivity contribution in [2.45, 2.75) is 92.5 Å². The van der Waals surface area contributed by atoms with Crippen molar-refractivity contribution in [3.8, 4) is 0 Å². The Labute approximate surface area is 213 Å². The van der Waals surface area contributed by atoms with Crippen LogP contribution in [0.2, 0.25) is 0 Å². The van der Waals surface area contributed by atoms with Crippen molar-refractivity contribution in [2.75, 3.05) is 24.7 Å². The molecule has 10 nitrogen and oxygen atoms in total. The predicted molar refractivity (Wildman–Crippen MR) is 137 cm³/mol. The Morgan fingerprint density at radius 3 is 2.09 bits per heavy atom. The minimum Gasteiger partial charge on any atom is -0.462 e. The molecule has 35 heavy (non-hydrogen) atoms. The lowest BCUT2D eigenvalue weighted by atomic mass is 9.76. The first-order valence-corrected chi connectivity index (χ1v) is 13.1. The number of aliphatic hydroxyl groups is 1. The van der Waals surface area contributed by atoms with Crippen LogP contribution in [0, 0.1) is 10.8 Å². The Morgan fingerprint density at radius 2 is 1.60 bits per heavy atom. The third kappa shape index (κ3) is 14.3. The zero-order chi connectivity index (χ0) is 27.4. The van der Waals surface area contributed by atoms with Gasteiger partial charge >= 0.3 is 11.9 Å². The molecule has 5 N–H and O–H groups in total. The molecule has 204 valence electrons. The highest BCUT2D eigenvalue weighted by molar-refractivity contribution is 7.99. The fraction of sp³-hybridized carbons (Fsp3) is 0.833. The number of carbonyl (C=O) groups is 4. The largest absolute Gasteiger partial charge is 0.462 e. The number of amides is 2. The van der Waals surface area contributed by atoms with Crippen molar-refractivity contribution >= 4 is 35.5 Å². The van der Waals surface area contributed by atoms with Crippen molar-refractivity contribution in [3.63, 3.8) is 0 Å². The van der Waals surface area contributed by atoms with Crippen LogP contribution in [0.1, 0.15) is 68.2 Å². The summed E-state index contributed by atoms with van der Waals surface area (Å²) in [6.45, 7) is 14.3. The van der Waals surface area contributed by atoms with Crippen LogP contribution in [-0.4, -0.2) is 77.8 Å². The summed E-state index contributed by atoms with van der Waals surface area (Å²) in [7, 11) is 0. The van der Waals surface area contributed by atoms with Crippen LogP contribution >= 0.6 is 11.8 Å². The molecule has 0 bridgehead atoms. The van der Waals surface area contributed by atoms with Gasteiger partial charge in [-0.25, -0.2) is 0 Å². The zero-order valence-corrected chi connectivity index (χ0v) is 23.3. The number of aliphatic hydroxyl groups excluding tert-OH is 1. The minimum atomic E-state index is -1.10. The number of rotatable bonds is 15. The molecule has 0 saturated carbocycles. The van der Waals surface area contributed by atoms with E-state index >= 15 is 0 Å². The Balaban J connectivity index is 5.00. The van der Waals surface area contributed by atoms with Gasteiger partial charge in [0.15, 0.2) is 0 Å². The smallest absolute Gasteiger partial charge is 0.311 e. The summed E-state index contributed by atoms with van der Waals surface area (Å²) in [5.41, 5.74) is 5.13. The molecule has 0 aliphatic rings. The summed E-state index contributed by atoms with van der Waals surface area (Å²) in [6.07, 6.45) is 0.0965. The third-order valence-corrected chi connectivity index (χ3v) is 5.90. The van der Waals surface area contributed by atoms with Crippen LogP contribution in [-0.2, 0) is 28.7 Å². The molecule has 0 saturated heterocycles. The second-order valence-electron chi connectivity index (χ2n) is 10.7. The summed E-state index contributed by atoms with van der Waals surface area (Å²) >= 11 is 1.26. The normalized spacial score (nSPS) is 14.6. The number of thioether (sulfide) groups is 1. The Morgan fingerprint density at radius 1 is 1.00 bits per heavy atom. The molecular formula is C24H45N3O7S. The molecule has 0 aliphatic heterocycles. The highest BCUT2D eigenvalue weighted by Crippen LogP contribution is 2.34. The van der Waals surface area contributed by atoms with Gasteiger partial charge in [0.05, 0.1) is 18.1 Å². The van der Waals surface area contributed by atoms with Crippen molar-refractivity contribution in [1.29, 1.82) is 0 Å². The predicted octanol–water partition coefficient (Wildman–Crippen LogP) is 1.38. The number of nitrogens with two attached hydrogens (primary N) is 1. The summed E-state index contributed by atoms with van der Waals surface area (Å²) in [5, 5.41) is 14.5. The maximum Gasteiger partial charge on any atom is 0.311 e. The maximum absolute atomic E-state index is 12.8. The van der Waals surface area contributed by atoms with E-state index in [1.165, 1.54) is 11.8 Å². The third-order valence-electron chi connectivity index (χ3n) is 4.70. The van der Waals surface area contributed by atoms with Gasteiger partial charge in [-0.2, -0.15) is 11.8 Å². The monoisotopic (exact) mass is 519 g/mol. The van der Waals surface area contributed by atoms with Crippen molar-refractivity contribution in [3.05, 3.63) is 0 Å². The van der Waals surface area contributed by atoms with Crippen molar-refractivity contribution < 1.29 is 33.8 Å². The number of ether oxygens (including phenoxy) is 2. The lowest BCUT2D eigenvalue weighted by Crippen LogP contribution is -2.54. The average Bonchev–Trinajstić information content (AvgIpc) is 2.72. The molecule has 0 aromatic rings. The quantitative estimate of drug-likeness (QED) is 0.235. The minimum absolute atomic E-state index is 0.0833. The number of esters is 2. The van der Waals surface area contributed by atoms with Crippen molar-refractivity contribution in [2.24, 2.45) is 16.6 Å². The van der Waals surface area contributed by atoms with E-state index in [4.69, 9.17) is 15.2 Å². The van der Waals surface area contributed by atoms with Crippen LogP contribution < -0.4 is 16.4 Å². The topological polar surface area (TPSA) is 157 Å². The Kier molecular flexibility index (Phi) is 14.5. The molecule has 0 spiro atoms. The van der Waals surface area contributed by atoms with Gasteiger partial charge in [0.25, 0.3) is 0 Å². The van der Waals surface area contributed by atoms with Gasteiger partial charge in [0.1, 0.15) is 18.8 Å². The Bertz CT molecular complexity index is 708. The van der Waals surface area contributed by atoms with E-state index in [1.807, 2.05) is 34.6 Å². The molecule has 0 heterocycles. The van der Waals surface area contributed by atoms with Gasteiger partial charge in [0.2, 0.25) is 11.8 Å². The highest BCUT2D eigenvalue weighted by Gasteiger charge is 2.35. The molecule has 0 unspecified atom stereocenters. The first kappa shape index (κ1) is 33.1. The molecule has 0 radical (unpaired) electrons. The second kappa shape index (κ2) is 15.3. The summed E-state index contributed by atoms with van der Waals surface area (Å²) in [6, 6.07) is -2.21. The van der Waals surface area contributed by atoms with E-state index in [0.29, 0.717) is 6.42 Å². The van der Waals surface area contributed by atoms with Gasteiger partial charge in [-0.1, -0.05) is 27.7 Å². The van der Waals surface area contributed by atoms with Crippen LogP contribution in [0.25, 0.3) is 0 Å². The fourth-order valence-corrected chi connectivity index (χ4v) is 4.34. The summed E-state index contributed by atoms with van der Waals surface area (Å²) in [5.74, 6) is -1.47. The van der Waals surface area contributed by atoms with Gasteiger partial charge in [-0.05, 0) is 39.5 Å². The lowest BCUT2D eigenvalue weighted by Gasteiger charge is -2.32. The van der Waals surface area contributed by atoms with Crippen LogP contribution in [0.5, 0.6) is 0 Å². The molecule has 0 fully saturated rings. The van der Waals surface area contributed by atoms with Crippen LogP contribution in [0.3, 0.4) is 0 Å². The summed E-state index contributed by atoms with van der Waals surface area (Å²) in [4.78, 5) is 48.9. The standard InChI is InChI=1S/C24H45N3O7S/c1-9-19(29)33-11-16(34-22(32)24(7,8)14-23(4,5)6)12-35-13-17(25)20(30)27-18(10-28)21(31)26-15(2)3/h15-18,28H,9-14,25H2,1-8H3,(H,26,31)(H,27,30)/t16-,17+,18+/m1/s1. The van der Waals surface area contributed by atoms with Crippen molar-refractivity contribution in [1.82, 2.24) is 10.6 Å². The first-order valence-electron chi connectivity index (χ1n) is 11.9. The van der Waals surface area contributed by atoms with Crippen LogP contribution in [0.4, 0.5) is 0 Å². The van der Waals surface area contributed by atoms with E-state index in [9.17, 15) is 24.3 Å². The number of hydrogen-bond donors (Lipinski definition) is 4. The molecule has 0 aromatic carbocycles. The van der Waals surface area contributed by atoms with E-state index in [1.54, 1.807) is 20.8 Å². The number of hydrogen-bond acceptors (Lipinski definition) is 9. The molecule has 2 amide bonds. The number of nitrogens with one attached hydrogen (secondary N) is 2. The SMILES string of the molecule is CCC(=O)OC[C@H](CSC[C@H](N)C(=O)N[C@@H](CO)C(=O)NC(C)C)OC(=O)C(C)(C)CC(C)(C)C. The van der Waals surface area contributed by atoms with E-state index < -0.39 is 54.0 Å². The molecule has 0 aliphatic carbocycles. The molecular weight excluding hydrogens is 474 g/mol. The van der Waals surface area contributed by atoms with Gasteiger partial charge in [-0.15, -0.1) is 0 Å². The average molecular weight is 520 g/mol. The summed E-state index contributed by atoms with van der Waals surface area (Å²) < 4.78 is 10.9. The highest BCUT2D eigenvalue weighted by atomic mass is 32.2. The van der Waals surface area contributed by atoms with Gasteiger partial charge in [-0.3, -0.25) is 19.2 Å². The molecule has 0 aromatic heterocycles. The fourth-order valence-electron chi connectivity index (χ4n) is 3.37. The van der Waals surface area contributed by atoms with E-state index in [2.05, 4.69) is 10.6 Å². The maximum atomic E-state index is 12.8. The van der Waals surface area contributed by atoms with E-state index in [-0.39, 0.29) is 36.0 Å². The second-order valence-corrected chi connectivity index (χ2v) is 11.8. The van der Waals surface area contributed by atoms with Crippen LogP contribution in [0.15, 0.2) is 0 Å². The molecule has 11 heteroatoms. The number of carbonyl (C=O) groups excluding carboxylic acids is 4. The molecule has 3 atom stereocenters. The zero-order valence-electron chi connectivity index (χ0n) is 22.4. The van der Waals surface area contributed by atoms with E-state index in [0.717, 1.165) is 0 Å². The van der Waals surface area contributed by atoms with Gasteiger partial charge < -0.3 is 30.9 Å². The first-order chi connectivity index (χ1) is 16.0. The molecule has 0 rings (SSSR count). The Hall–Kier alpha value is -1.85. The van der Waals surface area contributed by atoms with Gasteiger partial charge in [0, 0.05) is 24.0 Å².